The highest BCUT2D eigenvalue weighted by Crippen LogP contribution is 2.30. The molecule has 2 heterocycles. The lowest BCUT2D eigenvalue weighted by Crippen LogP contribution is -2.54. The second-order valence-corrected chi connectivity index (χ2v) is 5.51. The molecule has 0 spiro atoms. The number of hydrogen-bond donors (Lipinski definition) is 2. The zero-order valence-corrected chi connectivity index (χ0v) is 11.7. The molecule has 0 radical (unpaired) electrons. The minimum Gasteiger partial charge on any atom is -0.391 e. The number of nitrogens with one attached hydrogen (secondary N) is 1. The van der Waals surface area contributed by atoms with Crippen LogP contribution >= 0.6 is 12.2 Å². The van der Waals surface area contributed by atoms with E-state index in [0.29, 0.717) is 16.1 Å². The van der Waals surface area contributed by atoms with Crippen molar-refractivity contribution in [3.05, 3.63) is 30.4 Å². The number of carbonyl (C=O) groups is 1. The summed E-state index contributed by atoms with van der Waals surface area (Å²) in [5.41, 5.74) is 6.43. The normalized spacial score (nSPS) is 17.2. The molecule has 0 unspecified atom stereocenters. The first-order valence-electron chi connectivity index (χ1n) is 6.52. The molecular weight excluding hydrogens is 274 g/mol. The van der Waals surface area contributed by atoms with E-state index in [1.54, 1.807) is 23.1 Å². The predicted molar refractivity (Wildman–Crippen MR) is 78.4 cm³/mol. The Morgan fingerprint density at radius 3 is 2.85 bits per heavy atom. The Morgan fingerprint density at radius 1 is 1.40 bits per heavy atom. The maximum absolute atomic E-state index is 12.5. The van der Waals surface area contributed by atoms with Crippen LogP contribution in [0.3, 0.4) is 0 Å². The topological polar surface area (TPSA) is 85.3 Å². The Kier molecular flexibility index (Phi) is 3.13. The summed E-state index contributed by atoms with van der Waals surface area (Å²) in [7, 11) is 0. The molecular formula is C13H15N5OS. The van der Waals surface area contributed by atoms with Crippen molar-refractivity contribution >= 4 is 28.6 Å². The molecule has 0 atom stereocenters. The smallest absolute Gasteiger partial charge is 0.255 e. The van der Waals surface area contributed by atoms with E-state index in [-0.39, 0.29) is 5.91 Å². The number of hydrogen-bond acceptors (Lipinski definition) is 4. The molecule has 0 bridgehead atoms. The van der Waals surface area contributed by atoms with Crippen molar-refractivity contribution in [2.45, 2.75) is 31.2 Å². The van der Waals surface area contributed by atoms with Crippen molar-refractivity contribution in [3.8, 4) is 0 Å². The highest BCUT2D eigenvalue weighted by Gasteiger charge is 2.38. The van der Waals surface area contributed by atoms with Crippen LogP contribution in [0.5, 0.6) is 0 Å². The molecule has 2 aromatic heterocycles. The molecule has 1 aliphatic carbocycles. The average molecular weight is 289 g/mol. The molecule has 3 N–H and O–H groups in total. The summed E-state index contributed by atoms with van der Waals surface area (Å²) in [6.07, 6.45) is 10.1. The Balaban J connectivity index is 1.91. The van der Waals surface area contributed by atoms with Gasteiger partial charge in [-0.05, 0) is 12.8 Å². The van der Waals surface area contributed by atoms with Crippen molar-refractivity contribution in [2.24, 2.45) is 5.73 Å². The number of thiocarbonyl (C=S) groups is 1. The Bertz CT molecular complexity index is 674. The number of amides is 1. The van der Waals surface area contributed by atoms with Crippen LogP contribution in [0.4, 0.5) is 0 Å². The number of aromatic nitrogens is 3. The number of fused-ring (bicyclic) bond motifs is 1. The van der Waals surface area contributed by atoms with Gasteiger partial charge in [0.15, 0.2) is 0 Å². The molecule has 7 heteroatoms. The van der Waals surface area contributed by atoms with E-state index in [1.165, 1.54) is 6.20 Å². The van der Waals surface area contributed by atoms with Crippen molar-refractivity contribution in [1.29, 1.82) is 0 Å². The summed E-state index contributed by atoms with van der Waals surface area (Å²) < 4.78 is 1.62. The van der Waals surface area contributed by atoms with Gasteiger partial charge in [-0.15, -0.1) is 0 Å². The van der Waals surface area contributed by atoms with Gasteiger partial charge in [-0.3, -0.25) is 9.78 Å². The molecule has 2 aromatic rings. The molecule has 1 aliphatic rings. The molecule has 104 valence electrons. The van der Waals surface area contributed by atoms with Crippen LogP contribution in [0.25, 0.3) is 5.52 Å². The van der Waals surface area contributed by atoms with Gasteiger partial charge in [0.25, 0.3) is 5.91 Å². The lowest BCUT2D eigenvalue weighted by Gasteiger charge is -2.28. The van der Waals surface area contributed by atoms with Gasteiger partial charge in [0, 0.05) is 12.4 Å². The first-order chi connectivity index (χ1) is 9.62. The van der Waals surface area contributed by atoms with E-state index in [1.807, 2.05) is 0 Å². The number of nitrogens with zero attached hydrogens (tertiary/aromatic N) is 3. The quantitative estimate of drug-likeness (QED) is 0.825. The van der Waals surface area contributed by atoms with E-state index in [2.05, 4.69) is 15.4 Å². The monoisotopic (exact) mass is 289 g/mol. The highest BCUT2D eigenvalue weighted by molar-refractivity contribution is 7.80. The second-order valence-electron chi connectivity index (χ2n) is 5.07. The van der Waals surface area contributed by atoms with Crippen LogP contribution in [-0.4, -0.2) is 31.0 Å². The van der Waals surface area contributed by atoms with Crippen molar-refractivity contribution in [1.82, 2.24) is 19.9 Å². The van der Waals surface area contributed by atoms with Crippen LogP contribution < -0.4 is 11.1 Å². The standard InChI is InChI=1S/C13H15N5OS/c14-12(20)13(3-1-2-4-13)17-11(19)9-7-16-18-6-5-15-8-10(9)18/h5-8H,1-4H2,(H2,14,20)(H,17,19). The Labute approximate surface area is 121 Å². The number of carbonyl (C=O) groups excluding carboxylic acids is 1. The summed E-state index contributed by atoms with van der Waals surface area (Å²) >= 11 is 5.14. The Hall–Kier alpha value is -2.02. The molecule has 1 fully saturated rings. The summed E-state index contributed by atoms with van der Waals surface area (Å²) in [6, 6.07) is 0. The predicted octanol–water partition coefficient (Wildman–Crippen LogP) is 1.06. The van der Waals surface area contributed by atoms with Gasteiger partial charge < -0.3 is 11.1 Å². The average Bonchev–Trinajstić information content (AvgIpc) is 3.05. The molecule has 1 amide bonds. The van der Waals surface area contributed by atoms with Gasteiger partial charge in [0.05, 0.1) is 34.0 Å². The minimum absolute atomic E-state index is 0.206. The van der Waals surface area contributed by atoms with Crippen LogP contribution in [0.1, 0.15) is 36.0 Å². The third-order valence-corrected chi connectivity index (χ3v) is 4.24. The summed E-state index contributed by atoms with van der Waals surface area (Å²) in [5.74, 6) is -0.206. The van der Waals surface area contributed by atoms with Gasteiger partial charge >= 0.3 is 0 Å². The largest absolute Gasteiger partial charge is 0.391 e. The highest BCUT2D eigenvalue weighted by atomic mass is 32.1. The first-order valence-corrected chi connectivity index (χ1v) is 6.93. The third kappa shape index (κ3) is 2.03. The minimum atomic E-state index is -0.553. The summed E-state index contributed by atoms with van der Waals surface area (Å²) in [5, 5.41) is 7.13. The third-order valence-electron chi connectivity index (χ3n) is 3.85. The van der Waals surface area contributed by atoms with Gasteiger partial charge in [-0.2, -0.15) is 5.10 Å². The van der Waals surface area contributed by atoms with Gasteiger partial charge in [-0.25, -0.2) is 4.52 Å². The fourth-order valence-electron chi connectivity index (χ4n) is 2.71. The molecule has 20 heavy (non-hydrogen) atoms. The van der Waals surface area contributed by atoms with E-state index in [4.69, 9.17) is 18.0 Å². The maximum Gasteiger partial charge on any atom is 0.255 e. The van der Waals surface area contributed by atoms with Gasteiger partial charge in [0.2, 0.25) is 0 Å². The van der Waals surface area contributed by atoms with Crippen LogP contribution in [0, 0.1) is 0 Å². The van der Waals surface area contributed by atoms with Crippen molar-refractivity contribution < 1.29 is 4.79 Å². The van der Waals surface area contributed by atoms with E-state index in [9.17, 15) is 4.79 Å². The number of nitrogens with two attached hydrogens (primary N) is 1. The van der Waals surface area contributed by atoms with Gasteiger partial charge in [0.1, 0.15) is 0 Å². The Morgan fingerprint density at radius 2 is 2.15 bits per heavy atom. The zero-order chi connectivity index (χ0) is 14.2. The van der Waals surface area contributed by atoms with Crippen LogP contribution in [-0.2, 0) is 0 Å². The fourth-order valence-corrected chi connectivity index (χ4v) is 2.96. The molecule has 6 nitrogen and oxygen atoms in total. The molecule has 0 aromatic carbocycles. The maximum atomic E-state index is 12.5. The molecule has 1 saturated carbocycles. The van der Waals surface area contributed by atoms with Crippen molar-refractivity contribution in [2.75, 3.05) is 0 Å². The van der Waals surface area contributed by atoms with E-state index < -0.39 is 5.54 Å². The van der Waals surface area contributed by atoms with E-state index in [0.717, 1.165) is 25.7 Å². The first kappa shape index (κ1) is 13.0. The molecule has 0 saturated heterocycles. The summed E-state index contributed by atoms with van der Waals surface area (Å²) in [6.45, 7) is 0. The zero-order valence-electron chi connectivity index (χ0n) is 10.9. The lowest BCUT2D eigenvalue weighted by atomic mass is 9.97. The molecule has 3 rings (SSSR count). The SMILES string of the molecule is NC(=S)C1(NC(=O)c2cnn3ccncc23)CCCC1. The van der Waals surface area contributed by atoms with Gasteiger partial charge in [-0.1, -0.05) is 25.1 Å². The number of rotatable bonds is 3. The fraction of sp³-hybridized carbons (Fsp3) is 0.385. The lowest BCUT2D eigenvalue weighted by molar-refractivity contribution is 0.0926. The van der Waals surface area contributed by atoms with E-state index >= 15 is 0 Å². The molecule has 0 aliphatic heterocycles. The summed E-state index contributed by atoms with van der Waals surface area (Å²) in [4.78, 5) is 16.9. The van der Waals surface area contributed by atoms with Crippen LogP contribution in [0.2, 0.25) is 0 Å². The van der Waals surface area contributed by atoms with Crippen molar-refractivity contribution in [3.63, 3.8) is 0 Å². The second kappa shape index (κ2) is 4.82. The van der Waals surface area contributed by atoms with Crippen LogP contribution in [0.15, 0.2) is 24.8 Å².